The van der Waals surface area contributed by atoms with Crippen LogP contribution in [0, 0.1) is 13.8 Å². The van der Waals surface area contributed by atoms with Gasteiger partial charge in [0.25, 0.3) is 0 Å². The van der Waals surface area contributed by atoms with E-state index >= 15 is 0 Å². The van der Waals surface area contributed by atoms with E-state index in [9.17, 15) is 0 Å². The normalized spacial score (nSPS) is 10.9. The highest BCUT2D eigenvalue weighted by atomic mass is 32.1. The van der Waals surface area contributed by atoms with Crippen LogP contribution in [0.25, 0.3) is 10.2 Å². The Morgan fingerprint density at radius 1 is 1.10 bits per heavy atom. The molecule has 0 aliphatic heterocycles. The predicted molar refractivity (Wildman–Crippen MR) is 87.7 cm³/mol. The molecule has 0 aliphatic rings. The summed E-state index contributed by atoms with van der Waals surface area (Å²) in [5.41, 5.74) is 5.04. The van der Waals surface area contributed by atoms with Gasteiger partial charge in [0.05, 0.1) is 10.2 Å². The maximum absolute atomic E-state index is 4.69. The number of nitrogens with zero attached hydrogens (tertiary/aromatic N) is 1. The Kier molecular flexibility index (Phi) is 3.70. The maximum atomic E-state index is 4.69. The third-order valence-electron chi connectivity index (χ3n) is 3.36. The van der Waals surface area contributed by atoms with Crippen molar-refractivity contribution >= 4 is 26.7 Å². The molecule has 0 unspecified atom stereocenters. The van der Waals surface area contributed by atoms with Gasteiger partial charge in [-0.3, -0.25) is 0 Å². The van der Waals surface area contributed by atoms with Gasteiger partial charge in [0.2, 0.25) is 0 Å². The second-order valence-corrected chi connectivity index (χ2v) is 6.14. The molecule has 1 heterocycles. The average molecular weight is 282 g/mol. The number of fused-ring (bicyclic) bond motifs is 1. The van der Waals surface area contributed by atoms with E-state index in [0.717, 1.165) is 23.6 Å². The number of aryl methyl sites for hydroxylation is 2. The third-order valence-corrected chi connectivity index (χ3v) is 4.32. The molecule has 1 N–H and O–H groups in total. The van der Waals surface area contributed by atoms with Crippen LogP contribution in [-0.4, -0.2) is 11.5 Å². The zero-order valence-corrected chi connectivity index (χ0v) is 12.6. The van der Waals surface area contributed by atoms with Crippen molar-refractivity contribution in [2.75, 3.05) is 11.9 Å². The SMILES string of the molecule is Cc1cc(C)c2nc(NCCc3ccccc3)sc2c1. The Morgan fingerprint density at radius 2 is 1.90 bits per heavy atom. The topological polar surface area (TPSA) is 24.9 Å². The van der Waals surface area contributed by atoms with E-state index in [0.29, 0.717) is 0 Å². The largest absolute Gasteiger partial charge is 0.361 e. The summed E-state index contributed by atoms with van der Waals surface area (Å²) in [7, 11) is 0. The fraction of sp³-hybridized carbons (Fsp3) is 0.235. The van der Waals surface area contributed by atoms with Crippen LogP contribution in [0.1, 0.15) is 16.7 Å². The number of rotatable bonds is 4. The first-order valence-electron chi connectivity index (χ1n) is 6.88. The minimum atomic E-state index is 0.919. The monoisotopic (exact) mass is 282 g/mol. The standard InChI is InChI=1S/C17H18N2S/c1-12-10-13(2)16-15(11-12)20-17(19-16)18-9-8-14-6-4-3-5-7-14/h3-7,10-11H,8-9H2,1-2H3,(H,18,19). The molecule has 2 nitrogen and oxygen atoms in total. The van der Waals surface area contributed by atoms with Crippen molar-refractivity contribution in [3.8, 4) is 0 Å². The molecular weight excluding hydrogens is 264 g/mol. The third kappa shape index (κ3) is 2.83. The average Bonchev–Trinajstić information content (AvgIpc) is 2.83. The highest BCUT2D eigenvalue weighted by Gasteiger charge is 2.06. The van der Waals surface area contributed by atoms with Gasteiger partial charge in [-0.15, -0.1) is 0 Å². The van der Waals surface area contributed by atoms with Gasteiger partial charge >= 0.3 is 0 Å². The molecule has 0 amide bonds. The smallest absolute Gasteiger partial charge is 0.183 e. The van der Waals surface area contributed by atoms with E-state index in [1.165, 1.54) is 21.4 Å². The van der Waals surface area contributed by atoms with Crippen molar-refractivity contribution in [1.29, 1.82) is 0 Å². The van der Waals surface area contributed by atoms with Crippen molar-refractivity contribution in [1.82, 2.24) is 4.98 Å². The van der Waals surface area contributed by atoms with Crippen LogP contribution < -0.4 is 5.32 Å². The van der Waals surface area contributed by atoms with E-state index in [1.54, 1.807) is 11.3 Å². The van der Waals surface area contributed by atoms with Gasteiger partial charge in [0.15, 0.2) is 5.13 Å². The fourth-order valence-corrected chi connectivity index (χ4v) is 3.47. The van der Waals surface area contributed by atoms with Crippen LogP contribution >= 0.6 is 11.3 Å². The summed E-state index contributed by atoms with van der Waals surface area (Å²) in [6.07, 6.45) is 1.02. The minimum Gasteiger partial charge on any atom is -0.361 e. The zero-order valence-electron chi connectivity index (χ0n) is 11.8. The Hall–Kier alpha value is -1.87. The summed E-state index contributed by atoms with van der Waals surface area (Å²) in [6, 6.07) is 14.9. The van der Waals surface area contributed by atoms with Gasteiger partial charge < -0.3 is 5.32 Å². The highest BCUT2D eigenvalue weighted by Crippen LogP contribution is 2.29. The molecule has 0 saturated heterocycles. The van der Waals surface area contributed by atoms with Crippen LogP contribution in [0.4, 0.5) is 5.13 Å². The van der Waals surface area contributed by atoms with E-state index in [-0.39, 0.29) is 0 Å². The van der Waals surface area contributed by atoms with E-state index in [2.05, 4.69) is 61.6 Å². The Labute approximate surface area is 123 Å². The number of hydrogen-bond acceptors (Lipinski definition) is 3. The molecule has 3 heteroatoms. The van der Waals surface area contributed by atoms with Crippen molar-refractivity contribution in [3.63, 3.8) is 0 Å². The molecule has 20 heavy (non-hydrogen) atoms. The van der Waals surface area contributed by atoms with Gasteiger partial charge in [0.1, 0.15) is 0 Å². The van der Waals surface area contributed by atoms with Crippen LogP contribution in [0.2, 0.25) is 0 Å². The van der Waals surface area contributed by atoms with Crippen LogP contribution in [-0.2, 0) is 6.42 Å². The van der Waals surface area contributed by atoms with Crippen molar-refractivity contribution in [2.24, 2.45) is 0 Å². The number of thiazole rings is 1. The molecule has 0 aliphatic carbocycles. The van der Waals surface area contributed by atoms with Gasteiger partial charge in [-0.1, -0.05) is 47.7 Å². The molecule has 0 fully saturated rings. The second-order valence-electron chi connectivity index (χ2n) is 5.11. The molecule has 102 valence electrons. The molecule has 3 rings (SSSR count). The van der Waals surface area contributed by atoms with Crippen LogP contribution in [0.15, 0.2) is 42.5 Å². The molecule has 0 saturated carbocycles. The van der Waals surface area contributed by atoms with Gasteiger partial charge in [-0.25, -0.2) is 4.98 Å². The maximum Gasteiger partial charge on any atom is 0.183 e. The summed E-state index contributed by atoms with van der Waals surface area (Å²) in [5.74, 6) is 0. The fourth-order valence-electron chi connectivity index (χ4n) is 2.40. The van der Waals surface area contributed by atoms with Gasteiger partial charge in [-0.2, -0.15) is 0 Å². The first-order valence-corrected chi connectivity index (χ1v) is 7.69. The Morgan fingerprint density at radius 3 is 2.70 bits per heavy atom. The first kappa shape index (κ1) is 13.1. The van der Waals surface area contributed by atoms with Crippen molar-refractivity contribution in [2.45, 2.75) is 20.3 Å². The highest BCUT2D eigenvalue weighted by molar-refractivity contribution is 7.22. The van der Waals surface area contributed by atoms with Crippen molar-refractivity contribution in [3.05, 3.63) is 59.2 Å². The lowest BCUT2D eigenvalue weighted by Gasteiger charge is -2.02. The lowest BCUT2D eigenvalue weighted by Crippen LogP contribution is -2.04. The molecule has 0 radical (unpaired) electrons. The second kappa shape index (κ2) is 5.63. The zero-order chi connectivity index (χ0) is 13.9. The summed E-state index contributed by atoms with van der Waals surface area (Å²) in [5, 5.41) is 4.45. The molecule has 0 bridgehead atoms. The molecule has 3 aromatic rings. The summed E-state index contributed by atoms with van der Waals surface area (Å²) < 4.78 is 1.27. The number of anilines is 1. The van der Waals surface area contributed by atoms with E-state index in [4.69, 9.17) is 4.98 Å². The first-order chi connectivity index (χ1) is 9.72. The molecule has 1 aromatic heterocycles. The molecule has 2 aromatic carbocycles. The quantitative estimate of drug-likeness (QED) is 0.758. The van der Waals surface area contributed by atoms with Crippen LogP contribution in [0.5, 0.6) is 0 Å². The summed E-state index contributed by atoms with van der Waals surface area (Å²) in [4.78, 5) is 4.69. The molecule has 0 spiro atoms. The number of nitrogens with one attached hydrogen (secondary N) is 1. The molecular formula is C17H18N2S. The number of hydrogen-bond donors (Lipinski definition) is 1. The van der Waals surface area contributed by atoms with Gasteiger partial charge in [0, 0.05) is 6.54 Å². The van der Waals surface area contributed by atoms with Crippen LogP contribution in [0.3, 0.4) is 0 Å². The Balaban J connectivity index is 1.70. The summed E-state index contributed by atoms with van der Waals surface area (Å²) in [6.45, 7) is 5.18. The minimum absolute atomic E-state index is 0.919. The lowest BCUT2D eigenvalue weighted by atomic mass is 10.1. The van der Waals surface area contributed by atoms with E-state index in [1.807, 2.05) is 0 Å². The molecule has 0 atom stereocenters. The predicted octanol–water partition coefficient (Wildman–Crippen LogP) is 4.57. The van der Waals surface area contributed by atoms with Crippen molar-refractivity contribution < 1.29 is 0 Å². The number of benzene rings is 2. The summed E-state index contributed by atoms with van der Waals surface area (Å²) >= 11 is 1.74. The number of aromatic nitrogens is 1. The lowest BCUT2D eigenvalue weighted by molar-refractivity contribution is 1.02. The van der Waals surface area contributed by atoms with Gasteiger partial charge in [-0.05, 0) is 43.0 Å². The van der Waals surface area contributed by atoms with E-state index < -0.39 is 0 Å². The Bertz CT molecular complexity index is 716.